The molecule has 1 N–H and O–H groups in total. The van der Waals surface area contributed by atoms with E-state index in [0.717, 1.165) is 16.7 Å². The summed E-state index contributed by atoms with van der Waals surface area (Å²) in [7, 11) is -1.62. The van der Waals surface area contributed by atoms with Crippen molar-refractivity contribution in [2.75, 3.05) is 0 Å². The Morgan fingerprint density at radius 3 is 2.21 bits per heavy atom. The fourth-order valence-corrected chi connectivity index (χ4v) is 2.24. The average molecular weight is 307 g/mol. The Labute approximate surface area is 114 Å². The highest BCUT2D eigenvalue weighted by Crippen LogP contribution is 2.14. The van der Waals surface area contributed by atoms with Crippen molar-refractivity contribution < 1.29 is 13.0 Å². The van der Waals surface area contributed by atoms with Gasteiger partial charge in [-0.3, -0.25) is 18.5 Å². The minimum Gasteiger partial charge on any atom is -0.296 e. The van der Waals surface area contributed by atoms with Crippen LogP contribution in [0.15, 0.2) is 32.7 Å². The van der Waals surface area contributed by atoms with Gasteiger partial charge in [0, 0.05) is 14.1 Å². The normalized spacial score (nSPS) is 11.3. The standard InChI is InChI=1S/C10H10N2O5S.ClH/c1-11-8-4-3-6(18(15,16)17)5-7(8)9(13)12(2)10(11)14;/h3-5H,1-2H3,(H,15,16,17);1H. The topological polar surface area (TPSA) is 98.4 Å². The van der Waals surface area contributed by atoms with Crippen molar-refractivity contribution in [3.8, 4) is 0 Å². The summed E-state index contributed by atoms with van der Waals surface area (Å²) in [6.07, 6.45) is 0. The molecule has 1 aromatic carbocycles. The van der Waals surface area contributed by atoms with Crippen LogP contribution in [0.25, 0.3) is 10.9 Å². The maximum atomic E-state index is 11.9. The Morgan fingerprint density at radius 2 is 1.68 bits per heavy atom. The molecule has 0 fully saturated rings. The van der Waals surface area contributed by atoms with Crippen LogP contribution < -0.4 is 11.2 Å². The van der Waals surface area contributed by atoms with Gasteiger partial charge in [-0.25, -0.2) is 4.79 Å². The van der Waals surface area contributed by atoms with Gasteiger partial charge >= 0.3 is 5.69 Å². The zero-order chi connectivity index (χ0) is 13.7. The number of benzene rings is 1. The number of nitrogens with zero attached hydrogens (tertiary/aromatic N) is 2. The molecular weight excluding hydrogens is 296 g/mol. The van der Waals surface area contributed by atoms with Gasteiger partial charge in [0.1, 0.15) is 0 Å². The molecule has 0 aliphatic carbocycles. The molecule has 0 bridgehead atoms. The average Bonchev–Trinajstić information content (AvgIpc) is 2.32. The molecule has 2 aromatic rings. The summed E-state index contributed by atoms with van der Waals surface area (Å²) >= 11 is 0. The predicted octanol–water partition coefficient (Wildman–Crippen LogP) is -0.0943. The van der Waals surface area contributed by atoms with Gasteiger partial charge in [0.05, 0.1) is 15.8 Å². The first-order chi connectivity index (χ1) is 8.23. The lowest BCUT2D eigenvalue weighted by molar-refractivity contribution is 0.483. The molecule has 0 unspecified atom stereocenters. The summed E-state index contributed by atoms with van der Waals surface area (Å²) in [5.74, 6) is 0. The first-order valence-electron chi connectivity index (χ1n) is 4.91. The molecule has 0 saturated carbocycles. The molecule has 1 aromatic heterocycles. The van der Waals surface area contributed by atoms with Crippen LogP contribution in [0.4, 0.5) is 0 Å². The largest absolute Gasteiger partial charge is 0.330 e. The van der Waals surface area contributed by atoms with E-state index in [0.29, 0.717) is 5.52 Å². The van der Waals surface area contributed by atoms with E-state index in [2.05, 4.69) is 0 Å². The van der Waals surface area contributed by atoms with E-state index in [9.17, 15) is 18.0 Å². The van der Waals surface area contributed by atoms with Gasteiger partial charge in [0.25, 0.3) is 15.7 Å². The Kier molecular flexibility index (Phi) is 3.89. The van der Waals surface area contributed by atoms with E-state index >= 15 is 0 Å². The second-order valence-electron chi connectivity index (χ2n) is 3.86. The lowest BCUT2D eigenvalue weighted by atomic mass is 10.2. The molecular formula is C10H11ClN2O5S. The number of aryl methyl sites for hydroxylation is 1. The molecule has 0 aliphatic heterocycles. The third-order valence-corrected chi connectivity index (χ3v) is 3.59. The van der Waals surface area contributed by atoms with E-state index in [1.165, 1.54) is 24.7 Å². The molecule has 0 spiro atoms. The Bertz CT molecular complexity index is 866. The van der Waals surface area contributed by atoms with E-state index < -0.39 is 21.4 Å². The summed E-state index contributed by atoms with van der Waals surface area (Å²) in [5.41, 5.74) is -0.818. The van der Waals surface area contributed by atoms with Crippen molar-refractivity contribution in [1.82, 2.24) is 9.13 Å². The monoisotopic (exact) mass is 306 g/mol. The Morgan fingerprint density at radius 1 is 1.11 bits per heavy atom. The third kappa shape index (κ3) is 2.42. The summed E-state index contributed by atoms with van der Waals surface area (Å²) < 4.78 is 33.0. The van der Waals surface area contributed by atoms with Crippen LogP contribution in [0.3, 0.4) is 0 Å². The van der Waals surface area contributed by atoms with Crippen molar-refractivity contribution in [1.29, 1.82) is 0 Å². The van der Waals surface area contributed by atoms with Crippen molar-refractivity contribution in [2.45, 2.75) is 4.90 Å². The van der Waals surface area contributed by atoms with Crippen LogP contribution in [0.5, 0.6) is 0 Å². The van der Waals surface area contributed by atoms with Crippen molar-refractivity contribution in [2.24, 2.45) is 14.1 Å². The molecule has 0 aliphatic rings. The molecule has 0 radical (unpaired) electrons. The molecule has 19 heavy (non-hydrogen) atoms. The lowest BCUT2D eigenvalue weighted by Crippen LogP contribution is -2.37. The van der Waals surface area contributed by atoms with E-state index in [1.54, 1.807) is 0 Å². The minimum atomic E-state index is -4.38. The molecule has 0 atom stereocenters. The van der Waals surface area contributed by atoms with Gasteiger partial charge < -0.3 is 0 Å². The predicted molar refractivity (Wildman–Crippen MR) is 71.5 cm³/mol. The van der Waals surface area contributed by atoms with Crippen molar-refractivity contribution >= 4 is 33.4 Å². The molecule has 9 heteroatoms. The number of hydrogen-bond donors (Lipinski definition) is 1. The van der Waals surface area contributed by atoms with Crippen LogP contribution >= 0.6 is 12.4 Å². The van der Waals surface area contributed by atoms with Crippen LogP contribution in [-0.4, -0.2) is 22.1 Å². The zero-order valence-corrected chi connectivity index (χ0v) is 11.7. The molecule has 0 amide bonds. The van der Waals surface area contributed by atoms with Gasteiger partial charge in [-0.05, 0) is 18.2 Å². The number of hydrogen-bond acceptors (Lipinski definition) is 4. The van der Waals surface area contributed by atoms with E-state index in [1.807, 2.05) is 0 Å². The zero-order valence-electron chi connectivity index (χ0n) is 10.0. The van der Waals surface area contributed by atoms with Crippen molar-refractivity contribution in [3.63, 3.8) is 0 Å². The van der Waals surface area contributed by atoms with Gasteiger partial charge in [0.2, 0.25) is 0 Å². The lowest BCUT2D eigenvalue weighted by Gasteiger charge is -2.07. The highest BCUT2D eigenvalue weighted by molar-refractivity contribution is 7.85. The molecule has 1 heterocycles. The quantitative estimate of drug-likeness (QED) is 0.742. The van der Waals surface area contributed by atoms with Crippen LogP contribution in [0.1, 0.15) is 0 Å². The van der Waals surface area contributed by atoms with Crippen LogP contribution in [-0.2, 0) is 24.2 Å². The Hall–Kier alpha value is -1.64. The number of rotatable bonds is 1. The highest BCUT2D eigenvalue weighted by atomic mass is 35.5. The van der Waals surface area contributed by atoms with Gasteiger partial charge in [-0.2, -0.15) is 8.42 Å². The molecule has 7 nitrogen and oxygen atoms in total. The molecule has 104 valence electrons. The smallest absolute Gasteiger partial charge is 0.296 e. The number of halogens is 1. The molecule has 0 saturated heterocycles. The Balaban J connectivity index is 0.00000180. The van der Waals surface area contributed by atoms with E-state index in [-0.39, 0.29) is 22.7 Å². The summed E-state index contributed by atoms with van der Waals surface area (Å²) in [6, 6.07) is 3.49. The second kappa shape index (κ2) is 4.80. The first kappa shape index (κ1) is 15.4. The van der Waals surface area contributed by atoms with Crippen molar-refractivity contribution in [3.05, 3.63) is 39.0 Å². The van der Waals surface area contributed by atoms with Gasteiger partial charge in [-0.1, -0.05) is 0 Å². The minimum absolute atomic E-state index is 0. The first-order valence-corrected chi connectivity index (χ1v) is 6.35. The molecule has 2 rings (SSSR count). The second-order valence-corrected chi connectivity index (χ2v) is 5.28. The highest BCUT2D eigenvalue weighted by Gasteiger charge is 2.14. The third-order valence-electron chi connectivity index (χ3n) is 2.74. The van der Waals surface area contributed by atoms with E-state index in [4.69, 9.17) is 4.55 Å². The summed E-state index contributed by atoms with van der Waals surface area (Å²) in [5, 5.41) is 0.0507. The number of aromatic nitrogens is 2. The van der Waals surface area contributed by atoms with Gasteiger partial charge in [0.15, 0.2) is 0 Å². The maximum Gasteiger partial charge on any atom is 0.330 e. The number of fused-ring (bicyclic) bond motifs is 1. The summed E-state index contributed by atoms with van der Waals surface area (Å²) in [6.45, 7) is 0. The SMILES string of the molecule is Cl.Cn1c(=O)c2cc(S(=O)(=O)O)ccc2n(C)c1=O. The van der Waals surface area contributed by atoms with Crippen LogP contribution in [0.2, 0.25) is 0 Å². The fraction of sp³-hybridized carbons (Fsp3) is 0.200. The maximum absolute atomic E-state index is 11.9. The summed E-state index contributed by atoms with van der Waals surface area (Å²) in [4.78, 5) is 23.1. The fourth-order valence-electron chi connectivity index (χ4n) is 1.73. The van der Waals surface area contributed by atoms with Crippen LogP contribution in [0, 0.1) is 0 Å². The van der Waals surface area contributed by atoms with Gasteiger partial charge in [-0.15, -0.1) is 12.4 Å².